The Bertz CT molecular complexity index is 482. The maximum Gasteiger partial charge on any atom is 0.249 e. The van der Waals surface area contributed by atoms with Crippen molar-refractivity contribution in [2.45, 2.75) is 51.1 Å². The Hall–Kier alpha value is -1.03. The van der Waals surface area contributed by atoms with Gasteiger partial charge < -0.3 is 10.2 Å². The zero-order valence-corrected chi connectivity index (χ0v) is 12.7. The van der Waals surface area contributed by atoms with Gasteiger partial charge in [-0.3, -0.25) is 9.59 Å². The van der Waals surface area contributed by atoms with Gasteiger partial charge >= 0.3 is 0 Å². The topological polar surface area (TPSA) is 49.4 Å². The van der Waals surface area contributed by atoms with Gasteiger partial charge in [0.1, 0.15) is 11.6 Å². The number of carbonyl (C=O) groups is 2. The second-order valence-electron chi connectivity index (χ2n) is 6.64. The van der Waals surface area contributed by atoms with Crippen LogP contribution in [0.4, 0.5) is 0 Å². The summed E-state index contributed by atoms with van der Waals surface area (Å²) in [5, 5.41) is 3.01. The first kappa shape index (κ1) is 13.9. The average Bonchev–Trinajstić information content (AvgIpc) is 3.27. The molecule has 2 amide bonds. The van der Waals surface area contributed by atoms with E-state index in [9.17, 15) is 9.59 Å². The first-order chi connectivity index (χ1) is 9.47. The third kappa shape index (κ3) is 2.24. The molecule has 2 aliphatic carbocycles. The Morgan fingerprint density at radius 2 is 2.05 bits per heavy atom. The molecule has 20 heavy (non-hydrogen) atoms. The molecule has 0 aromatic heterocycles. The molecule has 1 aliphatic heterocycles. The quantitative estimate of drug-likeness (QED) is 0.863. The fraction of sp³-hybridized carbons (Fsp3) is 0.733. The number of piperazine rings is 1. The van der Waals surface area contributed by atoms with Crippen LogP contribution in [0.2, 0.25) is 0 Å². The van der Waals surface area contributed by atoms with E-state index in [1.807, 2.05) is 13.8 Å². The molecular weight excluding hydrogens is 276 g/mol. The molecule has 1 saturated heterocycles. The van der Waals surface area contributed by atoms with Crippen LogP contribution >= 0.6 is 11.6 Å². The lowest BCUT2D eigenvalue weighted by Crippen LogP contribution is -2.70. The first-order valence-electron chi connectivity index (χ1n) is 7.36. The normalized spacial score (nSPS) is 35.2. The van der Waals surface area contributed by atoms with E-state index in [1.165, 1.54) is 5.54 Å². The van der Waals surface area contributed by atoms with Crippen molar-refractivity contribution < 1.29 is 9.59 Å². The molecule has 3 fully saturated rings. The minimum Gasteiger partial charge on any atom is -0.340 e. The summed E-state index contributed by atoms with van der Waals surface area (Å²) in [6, 6.07) is -0.305. The highest BCUT2D eigenvalue weighted by atomic mass is 35.5. The van der Waals surface area contributed by atoms with Crippen LogP contribution in [0, 0.1) is 11.8 Å². The molecule has 4 nitrogen and oxygen atoms in total. The van der Waals surface area contributed by atoms with E-state index in [4.69, 9.17) is 11.6 Å². The molecule has 110 valence electrons. The maximum absolute atomic E-state index is 12.9. The van der Waals surface area contributed by atoms with Gasteiger partial charge in [-0.25, -0.2) is 0 Å². The Labute approximate surface area is 124 Å². The summed E-state index contributed by atoms with van der Waals surface area (Å²) in [6.45, 7) is 4.23. The summed E-state index contributed by atoms with van der Waals surface area (Å²) in [5.41, 5.74) is 1.70. The van der Waals surface area contributed by atoms with Crippen LogP contribution < -0.4 is 5.32 Å². The van der Waals surface area contributed by atoms with Crippen molar-refractivity contribution in [3.8, 4) is 0 Å². The number of hydrogen-bond acceptors (Lipinski definition) is 2. The lowest BCUT2D eigenvalue weighted by molar-refractivity contribution is -0.155. The predicted molar refractivity (Wildman–Crippen MR) is 77.1 cm³/mol. The zero-order chi connectivity index (χ0) is 14.5. The number of nitrogens with one attached hydrogen (secondary N) is 1. The third-order valence-corrected chi connectivity index (χ3v) is 5.13. The first-order valence-corrected chi connectivity index (χ1v) is 7.80. The molecule has 2 atom stereocenters. The van der Waals surface area contributed by atoms with Crippen LogP contribution in [0.15, 0.2) is 11.1 Å². The van der Waals surface area contributed by atoms with Crippen molar-refractivity contribution in [1.29, 1.82) is 0 Å². The van der Waals surface area contributed by atoms with E-state index in [2.05, 4.69) is 5.32 Å². The minimum absolute atomic E-state index is 0.0175. The van der Waals surface area contributed by atoms with E-state index >= 15 is 0 Å². The molecule has 3 aliphatic rings. The van der Waals surface area contributed by atoms with Crippen molar-refractivity contribution in [2.75, 3.05) is 6.54 Å². The highest BCUT2D eigenvalue weighted by molar-refractivity contribution is 6.25. The summed E-state index contributed by atoms with van der Waals surface area (Å²) < 4.78 is 0. The molecule has 5 heteroatoms. The standard InChI is InChI=1S/C15H21ClN2O2/c1-9(7-16)8-18-12(10-3-4-10)13(19)17-15(2,14(18)20)11-5-6-11/h7,10-12H,3-6,8H2,1-2H3,(H,17,19). The molecule has 0 spiro atoms. The van der Waals surface area contributed by atoms with Gasteiger partial charge in [-0.15, -0.1) is 0 Å². The average molecular weight is 297 g/mol. The van der Waals surface area contributed by atoms with Crippen molar-refractivity contribution in [2.24, 2.45) is 11.8 Å². The van der Waals surface area contributed by atoms with Crippen LogP contribution in [0.1, 0.15) is 39.5 Å². The Morgan fingerprint density at radius 3 is 2.55 bits per heavy atom. The number of rotatable bonds is 4. The lowest BCUT2D eigenvalue weighted by atomic mass is 9.88. The van der Waals surface area contributed by atoms with Crippen molar-refractivity contribution >= 4 is 23.4 Å². The minimum atomic E-state index is -0.713. The Kier molecular flexibility index (Phi) is 3.32. The van der Waals surface area contributed by atoms with Gasteiger partial charge in [-0.2, -0.15) is 0 Å². The lowest BCUT2D eigenvalue weighted by Gasteiger charge is -2.45. The van der Waals surface area contributed by atoms with Crippen LogP contribution in [0.25, 0.3) is 0 Å². The van der Waals surface area contributed by atoms with Crippen LogP contribution in [-0.2, 0) is 9.59 Å². The van der Waals surface area contributed by atoms with Crippen molar-refractivity contribution in [1.82, 2.24) is 10.2 Å². The van der Waals surface area contributed by atoms with Crippen molar-refractivity contribution in [3.63, 3.8) is 0 Å². The number of hydrogen-bond donors (Lipinski definition) is 1. The second-order valence-corrected chi connectivity index (χ2v) is 6.85. The van der Waals surface area contributed by atoms with E-state index in [1.54, 1.807) is 4.90 Å². The van der Waals surface area contributed by atoms with Crippen molar-refractivity contribution in [3.05, 3.63) is 11.1 Å². The van der Waals surface area contributed by atoms with Gasteiger partial charge in [-0.1, -0.05) is 11.6 Å². The second kappa shape index (κ2) is 4.76. The summed E-state index contributed by atoms with van der Waals surface area (Å²) in [5.74, 6) is 0.700. The van der Waals surface area contributed by atoms with E-state index in [0.29, 0.717) is 18.4 Å². The van der Waals surface area contributed by atoms with Gasteiger partial charge in [0.2, 0.25) is 11.8 Å². The maximum atomic E-state index is 12.9. The summed E-state index contributed by atoms with van der Waals surface area (Å²) in [6.07, 6.45) is 4.11. The fourth-order valence-corrected chi connectivity index (χ4v) is 3.31. The van der Waals surface area contributed by atoms with Gasteiger partial charge in [0.05, 0.1) is 0 Å². The third-order valence-electron chi connectivity index (χ3n) is 4.76. The van der Waals surface area contributed by atoms with Crippen LogP contribution in [0.5, 0.6) is 0 Å². The SMILES string of the molecule is CC(=CCl)CN1C(=O)C(C)(C2CC2)NC(=O)C1C1CC1. The number of carbonyl (C=O) groups excluding carboxylic acids is 2. The predicted octanol–water partition coefficient (Wildman–Crippen LogP) is 2.03. The summed E-state index contributed by atoms with van der Waals surface area (Å²) >= 11 is 5.74. The van der Waals surface area contributed by atoms with Gasteiger partial charge in [0.15, 0.2) is 0 Å². The number of amides is 2. The summed E-state index contributed by atoms with van der Waals surface area (Å²) in [7, 11) is 0. The number of halogens is 1. The van der Waals surface area contributed by atoms with Crippen LogP contribution in [-0.4, -0.2) is 34.8 Å². The molecule has 2 unspecified atom stereocenters. The highest BCUT2D eigenvalue weighted by Gasteiger charge is 2.57. The molecule has 3 rings (SSSR count). The monoisotopic (exact) mass is 296 g/mol. The molecule has 0 aromatic rings. The zero-order valence-electron chi connectivity index (χ0n) is 12.0. The molecule has 2 saturated carbocycles. The van der Waals surface area contributed by atoms with Gasteiger partial charge in [0, 0.05) is 12.1 Å². The molecule has 0 radical (unpaired) electrons. The Balaban J connectivity index is 1.90. The Morgan fingerprint density at radius 1 is 1.40 bits per heavy atom. The van der Waals surface area contributed by atoms with E-state index < -0.39 is 5.54 Å². The molecule has 0 bridgehead atoms. The highest BCUT2D eigenvalue weighted by Crippen LogP contribution is 2.45. The molecule has 1 N–H and O–H groups in total. The molecular formula is C15H21ClN2O2. The number of nitrogens with zero attached hydrogens (tertiary/aromatic N) is 1. The fourth-order valence-electron chi connectivity index (χ4n) is 3.24. The van der Waals surface area contributed by atoms with Crippen LogP contribution in [0.3, 0.4) is 0 Å². The van der Waals surface area contributed by atoms with Gasteiger partial charge in [-0.05, 0) is 56.9 Å². The largest absolute Gasteiger partial charge is 0.340 e. The summed E-state index contributed by atoms with van der Waals surface area (Å²) in [4.78, 5) is 27.2. The smallest absolute Gasteiger partial charge is 0.249 e. The molecule has 1 heterocycles. The van der Waals surface area contributed by atoms with E-state index in [0.717, 1.165) is 31.3 Å². The van der Waals surface area contributed by atoms with Gasteiger partial charge in [0.25, 0.3) is 0 Å². The van der Waals surface area contributed by atoms with E-state index in [-0.39, 0.29) is 17.9 Å². The molecule has 0 aromatic carbocycles.